The number of urea groups is 1. The number of carbonyl (C=O) groups is 1. The van der Waals surface area contributed by atoms with Crippen LogP contribution in [-0.2, 0) is 6.42 Å². The average Bonchev–Trinajstić information content (AvgIpc) is 2.92. The van der Waals surface area contributed by atoms with Gasteiger partial charge in [0, 0.05) is 32.2 Å². The Morgan fingerprint density at radius 3 is 3.05 bits per heavy atom. The number of nitrogens with zero attached hydrogens (tertiary/aromatic N) is 1. The lowest BCUT2D eigenvalue weighted by molar-refractivity contribution is 0.198. The molecule has 0 saturated carbocycles. The summed E-state index contributed by atoms with van der Waals surface area (Å²) in [4.78, 5) is 13.6. The van der Waals surface area contributed by atoms with Gasteiger partial charge < -0.3 is 15.3 Å². The predicted octanol–water partition coefficient (Wildman–Crippen LogP) is 1.78. The second-order valence-electron chi connectivity index (χ2n) is 5.25. The molecule has 0 radical (unpaired) electrons. The Labute approximate surface area is 118 Å². The van der Waals surface area contributed by atoms with E-state index in [0.717, 1.165) is 24.8 Å². The van der Waals surface area contributed by atoms with Gasteiger partial charge in [-0.2, -0.15) is 0 Å². The van der Waals surface area contributed by atoms with Crippen LogP contribution in [0, 0.1) is 11.7 Å². The van der Waals surface area contributed by atoms with Gasteiger partial charge in [0.05, 0.1) is 0 Å². The Balaban J connectivity index is 1.65. The van der Waals surface area contributed by atoms with Crippen molar-refractivity contribution in [3.05, 3.63) is 35.6 Å². The first-order chi connectivity index (χ1) is 9.69. The summed E-state index contributed by atoms with van der Waals surface area (Å²) >= 11 is 0. The Kier molecular flexibility index (Phi) is 5.35. The zero-order valence-corrected chi connectivity index (χ0v) is 11.5. The molecule has 2 N–H and O–H groups in total. The van der Waals surface area contributed by atoms with Crippen molar-refractivity contribution in [3.8, 4) is 0 Å². The summed E-state index contributed by atoms with van der Waals surface area (Å²) in [6.45, 7) is 2.06. The lowest BCUT2D eigenvalue weighted by Gasteiger charge is -2.17. The number of aliphatic hydroxyl groups is 1. The molecule has 5 heteroatoms. The highest BCUT2D eigenvalue weighted by Crippen LogP contribution is 2.15. The third-order valence-corrected chi connectivity index (χ3v) is 3.64. The van der Waals surface area contributed by atoms with Crippen LogP contribution in [-0.4, -0.2) is 42.3 Å². The Morgan fingerprint density at radius 2 is 2.35 bits per heavy atom. The summed E-state index contributed by atoms with van der Waals surface area (Å²) in [6.07, 6.45) is 2.40. The molecule has 0 bridgehead atoms. The van der Waals surface area contributed by atoms with E-state index in [9.17, 15) is 9.18 Å². The molecule has 1 saturated heterocycles. The lowest BCUT2D eigenvalue weighted by atomic mass is 10.1. The number of amides is 2. The Hall–Kier alpha value is -1.62. The number of carbonyl (C=O) groups excluding carboxylic acids is 1. The highest BCUT2D eigenvalue weighted by atomic mass is 19.1. The molecule has 20 heavy (non-hydrogen) atoms. The lowest BCUT2D eigenvalue weighted by Crippen LogP contribution is -2.39. The van der Waals surface area contributed by atoms with Gasteiger partial charge in [-0.25, -0.2) is 9.18 Å². The van der Waals surface area contributed by atoms with Crippen LogP contribution in [0.5, 0.6) is 0 Å². The number of hydrogen-bond donors (Lipinski definition) is 2. The highest BCUT2D eigenvalue weighted by Gasteiger charge is 2.25. The zero-order valence-electron chi connectivity index (χ0n) is 11.5. The molecule has 4 nitrogen and oxygen atoms in total. The maximum Gasteiger partial charge on any atom is 0.317 e. The van der Waals surface area contributed by atoms with E-state index in [1.165, 1.54) is 12.1 Å². The number of aliphatic hydroxyl groups excluding tert-OH is 1. The van der Waals surface area contributed by atoms with Gasteiger partial charge in [0.2, 0.25) is 0 Å². The molecular weight excluding hydrogens is 259 g/mol. The molecule has 110 valence electrons. The minimum Gasteiger partial charge on any atom is -0.396 e. The second-order valence-corrected chi connectivity index (χ2v) is 5.25. The van der Waals surface area contributed by atoms with Crippen molar-refractivity contribution in [3.63, 3.8) is 0 Å². The van der Waals surface area contributed by atoms with Gasteiger partial charge in [0.1, 0.15) is 5.82 Å². The summed E-state index contributed by atoms with van der Waals surface area (Å²) in [5.41, 5.74) is 0.945. The van der Waals surface area contributed by atoms with Crippen LogP contribution >= 0.6 is 0 Å². The summed E-state index contributed by atoms with van der Waals surface area (Å²) < 4.78 is 13.0. The molecule has 1 aromatic rings. The van der Waals surface area contributed by atoms with Crippen LogP contribution in [0.4, 0.5) is 9.18 Å². The zero-order chi connectivity index (χ0) is 14.4. The van der Waals surface area contributed by atoms with E-state index in [2.05, 4.69) is 5.32 Å². The van der Waals surface area contributed by atoms with E-state index >= 15 is 0 Å². The van der Waals surface area contributed by atoms with Crippen molar-refractivity contribution in [2.75, 3.05) is 26.2 Å². The van der Waals surface area contributed by atoms with Crippen LogP contribution in [0.15, 0.2) is 24.3 Å². The fourth-order valence-electron chi connectivity index (χ4n) is 2.46. The first kappa shape index (κ1) is 14.8. The maximum atomic E-state index is 13.0. The predicted molar refractivity (Wildman–Crippen MR) is 74.9 cm³/mol. The summed E-state index contributed by atoms with van der Waals surface area (Å²) in [6, 6.07) is 6.46. The molecule has 1 aromatic carbocycles. The standard InChI is InChI=1S/C15H21FN2O2/c16-14-5-1-3-12(9-14)4-2-7-17-15(20)18-8-6-13(10-18)11-19/h1,3,5,9,13,19H,2,4,6-8,10-11H2,(H,17,20). The largest absolute Gasteiger partial charge is 0.396 e. The van der Waals surface area contributed by atoms with Crippen LogP contribution in [0.25, 0.3) is 0 Å². The van der Waals surface area contributed by atoms with Crippen molar-refractivity contribution >= 4 is 6.03 Å². The minimum absolute atomic E-state index is 0.0693. The first-order valence-corrected chi connectivity index (χ1v) is 7.07. The van der Waals surface area contributed by atoms with Crippen molar-refractivity contribution in [1.82, 2.24) is 10.2 Å². The molecule has 1 heterocycles. The van der Waals surface area contributed by atoms with E-state index in [1.54, 1.807) is 11.0 Å². The molecule has 0 aromatic heterocycles. The van der Waals surface area contributed by atoms with Crippen LogP contribution in [0.2, 0.25) is 0 Å². The van der Waals surface area contributed by atoms with E-state index in [-0.39, 0.29) is 24.4 Å². The highest BCUT2D eigenvalue weighted by molar-refractivity contribution is 5.74. The van der Waals surface area contributed by atoms with Crippen molar-refractivity contribution in [1.29, 1.82) is 0 Å². The van der Waals surface area contributed by atoms with E-state index in [1.807, 2.05) is 6.07 Å². The van der Waals surface area contributed by atoms with Gasteiger partial charge in [-0.15, -0.1) is 0 Å². The summed E-state index contributed by atoms with van der Waals surface area (Å²) in [5.74, 6) is -0.00769. The van der Waals surface area contributed by atoms with E-state index < -0.39 is 0 Å². The number of likely N-dealkylation sites (tertiary alicyclic amines) is 1. The summed E-state index contributed by atoms with van der Waals surface area (Å²) in [7, 11) is 0. The monoisotopic (exact) mass is 280 g/mol. The molecule has 0 spiro atoms. The van der Waals surface area contributed by atoms with Gasteiger partial charge in [-0.3, -0.25) is 0 Å². The number of aryl methyl sites for hydroxylation is 1. The fraction of sp³-hybridized carbons (Fsp3) is 0.533. The number of hydrogen-bond acceptors (Lipinski definition) is 2. The van der Waals surface area contributed by atoms with Crippen molar-refractivity contribution < 1.29 is 14.3 Å². The quantitative estimate of drug-likeness (QED) is 0.808. The van der Waals surface area contributed by atoms with Gasteiger partial charge in [-0.1, -0.05) is 12.1 Å². The molecule has 1 atom stereocenters. The third kappa shape index (κ3) is 4.20. The van der Waals surface area contributed by atoms with E-state index in [4.69, 9.17) is 5.11 Å². The van der Waals surface area contributed by atoms with Crippen LogP contribution in [0.3, 0.4) is 0 Å². The minimum atomic E-state index is -0.223. The SMILES string of the molecule is O=C(NCCCc1cccc(F)c1)N1CCC(CO)C1. The number of rotatable bonds is 5. The number of benzene rings is 1. The molecule has 1 aliphatic heterocycles. The van der Waals surface area contributed by atoms with Crippen molar-refractivity contribution in [2.45, 2.75) is 19.3 Å². The molecule has 2 rings (SSSR count). The molecule has 1 fully saturated rings. The molecule has 2 amide bonds. The molecule has 0 aliphatic carbocycles. The smallest absolute Gasteiger partial charge is 0.317 e. The third-order valence-electron chi connectivity index (χ3n) is 3.64. The number of halogens is 1. The topological polar surface area (TPSA) is 52.6 Å². The average molecular weight is 280 g/mol. The summed E-state index contributed by atoms with van der Waals surface area (Å²) in [5, 5.41) is 11.9. The van der Waals surface area contributed by atoms with Gasteiger partial charge in [0.15, 0.2) is 0 Å². The van der Waals surface area contributed by atoms with Gasteiger partial charge in [-0.05, 0) is 37.0 Å². The Morgan fingerprint density at radius 1 is 1.50 bits per heavy atom. The van der Waals surface area contributed by atoms with Crippen molar-refractivity contribution in [2.24, 2.45) is 5.92 Å². The molecule has 1 unspecified atom stereocenters. The van der Waals surface area contributed by atoms with Gasteiger partial charge in [0.25, 0.3) is 0 Å². The molecular formula is C15H21FN2O2. The molecule has 1 aliphatic rings. The second kappa shape index (κ2) is 7.24. The van der Waals surface area contributed by atoms with E-state index in [0.29, 0.717) is 19.6 Å². The van der Waals surface area contributed by atoms with Crippen LogP contribution in [0.1, 0.15) is 18.4 Å². The number of nitrogens with one attached hydrogen (secondary N) is 1. The maximum absolute atomic E-state index is 13.0. The normalized spacial score (nSPS) is 18.3. The fourth-order valence-corrected chi connectivity index (χ4v) is 2.46. The first-order valence-electron chi connectivity index (χ1n) is 7.07. The Bertz CT molecular complexity index is 453. The van der Waals surface area contributed by atoms with Crippen LogP contribution < -0.4 is 5.32 Å². The van der Waals surface area contributed by atoms with Gasteiger partial charge >= 0.3 is 6.03 Å².